The van der Waals surface area contributed by atoms with E-state index in [1.165, 1.54) is 26.4 Å². The van der Waals surface area contributed by atoms with Crippen molar-refractivity contribution in [2.24, 2.45) is 0 Å². The van der Waals surface area contributed by atoms with E-state index < -0.39 is 11.2 Å². The smallest absolute Gasteiger partial charge is 0.238 e. The fourth-order valence-corrected chi connectivity index (χ4v) is 2.32. The summed E-state index contributed by atoms with van der Waals surface area (Å²) in [4.78, 5) is 12.3. The van der Waals surface area contributed by atoms with Gasteiger partial charge in [-0.05, 0) is 24.3 Å². The zero-order chi connectivity index (χ0) is 16.6. The molecule has 0 unspecified atom stereocenters. The number of ether oxygens (including phenoxy) is 2. The van der Waals surface area contributed by atoms with Gasteiger partial charge in [0.1, 0.15) is 28.2 Å². The van der Waals surface area contributed by atoms with Gasteiger partial charge >= 0.3 is 0 Å². The van der Waals surface area contributed by atoms with E-state index >= 15 is 0 Å². The Hall–Kier alpha value is -3.15. The quantitative estimate of drug-likeness (QED) is 0.772. The Morgan fingerprint density at radius 1 is 0.957 bits per heavy atom. The van der Waals surface area contributed by atoms with Crippen LogP contribution in [0, 0.1) is 0 Å². The van der Waals surface area contributed by atoms with E-state index in [9.17, 15) is 15.0 Å². The van der Waals surface area contributed by atoms with Gasteiger partial charge in [-0.2, -0.15) is 0 Å². The van der Waals surface area contributed by atoms with Gasteiger partial charge in [0.05, 0.1) is 14.2 Å². The molecule has 0 saturated heterocycles. The molecule has 2 N–H and O–H groups in total. The first-order valence-electron chi connectivity index (χ1n) is 6.76. The third-order valence-corrected chi connectivity index (χ3v) is 3.51. The van der Waals surface area contributed by atoms with E-state index in [1.807, 2.05) is 0 Å². The van der Waals surface area contributed by atoms with Crippen LogP contribution in [0.1, 0.15) is 0 Å². The first kappa shape index (κ1) is 14.8. The molecule has 0 fully saturated rings. The minimum absolute atomic E-state index is 0.0119. The Bertz CT molecular complexity index is 924. The Kier molecular flexibility index (Phi) is 3.57. The minimum atomic E-state index is -0.711. The lowest BCUT2D eigenvalue weighted by molar-refractivity contribution is 0.406. The topological polar surface area (TPSA) is 89.1 Å². The average Bonchev–Trinajstić information content (AvgIpc) is 2.57. The van der Waals surface area contributed by atoms with Crippen molar-refractivity contribution in [1.29, 1.82) is 0 Å². The van der Waals surface area contributed by atoms with Crippen molar-refractivity contribution in [3.05, 3.63) is 46.6 Å². The Balaban J connectivity index is 2.28. The number of fused-ring (bicyclic) bond motifs is 1. The number of methoxy groups -OCH3 is 2. The molecule has 3 aromatic rings. The standard InChI is InChI=1S/C17H14O6/c1-21-10-5-3-9(4-6-10)17-16(20)15(19)14-12(18)7-11(22-2)8-13(14)23-17/h3-8,18,20H,1-2H3. The van der Waals surface area contributed by atoms with Crippen LogP contribution in [0.2, 0.25) is 0 Å². The molecular formula is C17H14O6. The Labute approximate surface area is 131 Å². The fourth-order valence-electron chi connectivity index (χ4n) is 2.32. The first-order chi connectivity index (χ1) is 11.0. The minimum Gasteiger partial charge on any atom is -0.507 e. The summed E-state index contributed by atoms with van der Waals surface area (Å²) in [6.45, 7) is 0. The van der Waals surface area contributed by atoms with Crippen LogP contribution in [0.3, 0.4) is 0 Å². The first-order valence-corrected chi connectivity index (χ1v) is 6.76. The summed E-state index contributed by atoms with van der Waals surface area (Å²) < 4.78 is 15.7. The van der Waals surface area contributed by atoms with Crippen molar-refractivity contribution in [3.63, 3.8) is 0 Å². The molecule has 0 radical (unpaired) electrons. The molecule has 0 aliphatic heterocycles. The molecule has 2 aromatic carbocycles. The van der Waals surface area contributed by atoms with Gasteiger partial charge in [-0.3, -0.25) is 4.79 Å². The van der Waals surface area contributed by atoms with Gasteiger partial charge in [0.25, 0.3) is 0 Å². The molecule has 0 atom stereocenters. The van der Waals surface area contributed by atoms with Gasteiger partial charge in [-0.25, -0.2) is 0 Å². The van der Waals surface area contributed by atoms with Crippen molar-refractivity contribution in [3.8, 4) is 34.3 Å². The lowest BCUT2D eigenvalue weighted by Crippen LogP contribution is -2.03. The van der Waals surface area contributed by atoms with Crippen LogP contribution >= 0.6 is 0 Å². The molecule has 0 amide bonds. The molecule has 3 rings (SSSR count). The van der Waals surface area contributed by atoms with E-state index in [4.69, 9.17) is 13.9 Å². The van der Waals surface area contributed by atoms with Crippen molar-refractivity contribution < 1.29 is 24.1 Å². The zero-order valence-corrected chi connectivity index (χ0v) is 12.5. The van der Waals surface area contributed by atoms with E-state index in [1.54, 1.807) is 24.3 Å². The molecule has 0 aliphatic rings. The van der Waals surface area contributed by atoms with E-state index in [-0.39, 0.29) is 22.5 Å². The van der Waals surface area contributed by atoms with Gasteiger partial charge < -0.3 is 24.1 Å². The maximum absolute atomic E-state index is 12.3. The predicted molar refractivity (Wildman–Crippen MR) is 84.4 cm³/mol. The second-order valence-corrected chi connectivity index (χ2v) is 4.86. The van der Waals surface area contributed by atoms with Crippen LogP contribution in [0.5, 0.6) is 23.0 Å². The van der Waals surface area contributed by atoms with Gasteiger partial charge in [0.15, 0.2) is 5.76 Å². The average molecular weight is 314 g/mol. The summed E-state index contributed by atoms with van der Waals surface area (Å²) in [5.41, 5.74) is -0.0858. The van der Waals surface area contributed by atoms with Crippen molar-refractivity contribution >= 4 is 11.0 Å². The van der Waals surface area contributed by atoms with Crippen molar-refractivity contribution in [2.75, 3.05) is 14.2 Å². The molecule has 0 saturated carbocycles. The van der Waals surface area contributed by atoms with Crippen LogP contribution in [0.25, 0.3) is 22.3 Å². The van der Waals surface area contributed by atoms with Crippen LogP contribution in [-0.2, 0) is 0 Å². The van der Waals surface area contributed by atoms with Crippen LogP contribution < -0.4 is 14.9 Å². The van der Waals surface area contributed by atoms with Crippen LogP contribution in [0.15, 0.2) is 45.6 Å². The third-order valence-electron chi connectivity index (χ3n) is 3.51. The highest BCUT2D eigenvalue weighted by atomic mass is 16.5. The molecule has 6 heteroatoms. The molecule has 6 nitrogen and oxygen atoms in total. The summed E-state index contributed by atoms with van der Waals surface area (Å²) >= 11 is 0. The predicted octanol–water partition coefficient (Wildman–Crippen LogP) is 2.89. The second-order valence-electron chi connectivity index (χ2n) is 4.86. The van der Waals surface area contributed by atoms with Crippen LogP contribution in [-0.4, -0.2) is 24.4 Å². The highest BCUT2D eigenvalue weighted by Crippen LogP contribution is 2.35. The molecule has 118 valence electrons. The number of hydrogen-bond acceptors (Lipinski definition) is 6. The summed E-state index contributed by atoms with van der Waals surface area (Å²) in [6, 6.07) is 9.43. The Morgan fingerprint density at radius 3 is 2.22 bits per heavy atom. The molecule has 0 aliphatic carbocycles. The summed E-state index contributed by atoms with van der Waals surface area (Å²) in [7, 11) is 2.97. The molecule has 23 heavy (non-hydrogen) atoms. The zero-order valence-electron chi connectivity index (χ0n) is 12.5. The molecular weight excluding hydrogens is 300 g/mol. The molecule has 0 spiro atoms. The lowest BCUT2D eigenvalue weighted by Gasteiger charge is -2.09. The maximum atomic E-state index is 12.3. The third kappa shape index (κ3) is 2.44. The summed E-state index contributed by atoms with van der Waals surface area (Å²) in [6.07, 6.45) is 0. The van der Waals surface area contributed by atoms with E-state index in [0.29, 0.717) is 17.1 Å². The fraction of sp³-hybridized carbons (Fsp3) is 0.118. The van der Waals surface area contributed by atoms with Gasteiger partial charge in [0.2, 0.25) is 11.2 Å². The maximum Gasteiger partial charge on any atom is 0.238 e. The SMILES string of the molecule is COc1ccc(-c2oc3cc(OC)cc(O)c3c(=O)c2O)cc1. The number of benzene rings is 2. The summed E-state index contributed by atoms with van der Waals surface area (Å²) in [5, 5.41) is 20.0. The monoisotopic (exact) mass is 314 g/mol. The van der Waals surface area contributed by atoms with Gasteiger partial charge in [-0.15, -0.1) is 0 Å². The van der Waals surface area contributed by atoms with E-state index in [2.05, 4.69) is 0 Å². The lowest BCUT2D eigenvalue weighted by atomic mass is 10.1. The highest BCUT2D eigenvalue weighted by Gasteiger charge is 2.18. The molecule has 0 bridgehead atoms. The van der Waals surface area contributed by atoms with E-state index in [0.717, 1.165) is 0 Å². The highest BCUT2D eigenvalue weighted by molar-refractivity contribution is 5.88. The van der Waals surface area contributed by atoms with Gasteiger partial charge in [0, 0.05) is 17.7 Å². The Morgan fingerprint density at radius 2 is 1.61 bits per heavy atom. The number of phenols is 1. The molecule has 1 heterocycles. The van der Waals surface area contributed by atoms with Gasteiger partial charge in [-0.1, -0.05) is 0 Å². The largest absolute Gasteiger partial charge is 0.507 e. The molecule has 1 aromatic heterocycles. The number of rotatable bonds is 3. The van der Waals surface area contributed by atoms with Crippen molar-refractivity contribution in [2.45, 2.75) is 0 Å². The van der Waals surface area contributed by atoms with Crippen LogP contribution in [0.4, 0.5) is 0 Å². The van der Waals surface area contributed by atoms with Crippen molar-refractivity contribution in [1.82, 2.24) is 0 Å². The number of hydrogen-bond donors (Lipinski definition) is 2. The number of phenolic OH excluding ortho intramolecular Hbond substituents is 1. The number of aromatic hydroxyl groups is 2. The normalized spacial score (nSPS) is 10.7. The summed E-state index contributed by atoms with van der Waals surface area (Å²) in [5.74, 6) is 0.103. The second kappa shape index (κ2) is 5.57.